The fourth-order valence-corrected chi connectivity index (χ4v) is 3.69. The molecule has 0 unspecified atom stereocenters. The minimum absolute atomic E-state index is 0.154. The number of nitrogens with one attached hydrogen (secondary N) is 1. The molecule has 98 valence electrons. The molecule has 1 aliphatic heterocycles. The van der Waals surface area contributed by atoms with Crippen LogP contribution in [0.15, 0.2) is 0 Å². The molecular weight excluding hydrogens is 226 g/mol. The fraction of sp³-hybridized carbons (Fsp3) is 0.714. The highest BCUT2D eigenvalue weighted by Crippen LogP contribution is 2.44. The van der Waals surface area contributed by atoms with Crippen molar-refractivity contribution in [2.75, 3.05) is 5.32 Å². The Hall–Kier alpha value is -1.32. The number of aromatic nitrogens is 2. The molecule has 0 spiro atoms. The molecule has 0 bridgehead atoms. The Morgan fingerprint density at radius 3 is 2.72 bits per heavy atom. The van der Waals surface area contributed by atoms with E-state index in [9.17, 15) is 4.79 Å². The van der Waals surface area contributed by atoms with E-state index in [-0.39, 0.29) is 5.91 Å². The summed E-state index contributed by atoms with van der Waals surface area (Å²) >= 11 is 0. The number of fused-ring (bicyclic) bond motifs is 1. The number of carbonyl (C=O) groups is 1. The standard InChI is InChI=1S/C14H21N3O/c1-9-13-11(10-6-4-3-5-7-10)8-12(18)15-14(13)17(2)16-9/h10-11H,3-8H2,1-2H3,(H,15,18)/t11-/m0/s1. The Kier molecular flexibility index (Phi) is 2.88. The topological polar surface area (TPSA) is 46.9 Å². The monoisotopic (exact) mass is 247 g/mol. The van der Waals surface area contributed by atoms with E-state index in [0.717, 1.165) is 11.5 Å². The Morgan fingerprint density at radius 2 is 2.00 bits per heavy atom. The van der Waals surface area contributed by atoms with Crippen molar-refractivity contribution in [2.24, 2.45) is 13.0 Å². The molecule has 1 aromatic heterocycles. The summed E-state index contributed by atoms with van der Waals surface area (Å²) in [4.78, 5) is 11.9. The SMILES string of the molecule is Cc1nn(C)c2c1[C@H](C1CCCCC1)CC(=O)N2. The van der Waals surface area contributed by atoms with Crippen LogP contribution in [0.4, 0.5) is 5.82 Å². The second-order valence-electron chi connectivity index (χ2n) is 5.73. The van der Waals surface area contributed by atoms with Gasteiger partial charge in [0.15, 0.2) is 0 Å². The molecule has 1 atom stereocenters. The minimum atomic E-state index is 0.154. The molecule has 3 rings (SSSR count). The van der Waals surface area contributed by atoms with Crippen LogP contribution >= 0.6 is 0 Å². The lowest BCUT2D eigenvalue weighted by molar-refractivity contribution is -0.117. The molecule has 0 radical (unpaired) electrons. The number of anilines is 1. The first-order chi connectivity index (χ1) is 8.66. The van der Waals surface area contributed by atoms with Crippen LogP contribution in [0.5, 0.6) is 0 Å². The van der Waals surface area contributed by atoms with Crippen LogP contribution in [0, 0.1) is 12.8 Å². The van der Waals surface area contributed by atoms with Crippen molar-refractivity contribution in [3.63, 3.8) is 0 Å². The number of hydrogen-bond donors (Lipinski definition) is 1. The van der Waals surface area contributed by atoms with Crippen molar-refractivity contribution in [1.82, 2.24) is 9.78 Å². The van der Waals surface area contributed by atoms with Crippen LogP contribution in [0.3, 0.4) is 0 Å². The molecule has 0 saturated heterocycles. The number of rotatable bonds is 1. The first kappa shape index (κ1) is 11.8. The zero-order valence-corrected chi connectivity index (χ0v) is 11.2. The van der Waals surface area contributed by atoms with Gasteiger partial charge in [0.1, 0.15) is 5.82 Å². The molecule has 4 nitrogen and oxygen atoms in total. The maximum absolute atomic E-state index is 11.9. The van der Waals surface area contributed by atoms with Crippen LogP contribution in [0.25, 0.3) is 0 Å². The summed E-state index contributed by atoms with van der Waals surface area (Å²) in [6.45, 7) is 2.06. The summed E-state index contributed by atoms with van der Waals surface area (Å²) in [6.07, 6.45) is 7.17. The molecule has 2 aliphatic rings. The first-order valence-electron chi connectivity index (χ1n) is 7.00. The molecular formula is C14H21N3O. The molecule has 1 fully saturated rings. The van der Waals surface area contributed by atoms with E-state index in [1.54, 1.807) is 0 Å². The van der Waals surface area contributed by atoms with Gasteiger partial charge in [0.05, 0.1) is 5.69 Å². The highest BCUT2D eigenvalue weighted by Gasteiger charge is 2.35. The van der Waals surface area contributed by atoms with E-state index in [2.05, 4.69) is 17.3 Å². The van der Waals surface area contributed by atoms with E-state index < -0.39 is 0 Å². The van der Waals surface area contributed by atoms with Crippen molar-refractivity contribution in [3.8, 4) is 0 Å². The molecule has 1 saturated carbocycles. The van der Waals surface area contributed by atoms with Crippen LogP contribution in [-0.4, -0.2) is 15.7 Å². The molecule has 1 aromatic rings. The normalized spacial score (nSPS) is 24.8. The predicted molar refractivity (Wildman–Crippen MR) is 70.5 cm³/mol. The minimum Gasteiger partial charge on any atom is -0.311 e. The number of amides is 1. The van der Waals surface area contributed by atoms with Crippen LogP contribution in [-0.2, 0) is 11.8 Å². The van der Waals surface area contributed by atoms with Gasteiger partial charge < -0.3 is 5.32 Å². The molecule has 1 aliphatic carbocycles. The number of aryl methyl sites for hydroxylation is 2. The van der Waals surface area contributed by atoms with Gasteiger partial charge in [0.2, 0.25) is 5.91 Å². The lowest BCUT2D eigenvalue weighted by Gasteiger charge is -2.33. The maximum Gasteiger partial charge on any atom is 0.226 e. The van der Waals surface area contributed by atoms with Gasteiger partial charge in [-0.2, -0.15) is 5.10 Å². The van der Waals surface area contributed by atoms with Crippen molar-refractivity contribution < 1.29 is 4.79 Å². The maximum atomic E-state index is 11.9. The van der Waals surface area contributed by atoms with E-state index >= 15 is 0 Å². The summed E-state index contributed by atoms with van der Waals surface area (Å²) in [5.41, 5.74) is 2.38. The summed E-state index contributed by atoms with van der Waals surface area (Å²) in [7, 11) is 1.91. The summed E-state index contributed by atoms with van der Waals surface area (Å²) in [6, 6.07) is 0. The van der Waals surface area contributed by atoms with E-state index in [1.165, 1.54) is 37.7 Å². The van der Waals surface area contributed by atoms with Crippen LogP contribution < -0.4 is 5.32 Å². The van der Waals surface area contributed by atoms with Crippen molar-refractivity contribution >= 4 is 11.7 Å². The van der Waals surface area contributed by atoms with Gasteiger partial charge in [-0.15, -0.1) is 0 Å². The van der Waals surface area contributed by atoms with E-state index in [0.29, 0.717) is 18.3 Å². The Balaban J connectivity index is 1.98. The van der Waals surface area contributed by atoms with E-state index in [4.69, 9.17) is 0 Å². The third kappa shape index (κ3) is 1.84. The third-order valence-electron chi connectivity index (χ3n) is 4.52. The molecule has 2 heterocycles. The van der Waals surface area contributed by atoms with E-state index in [1.807, 2.05) is 11.7 Å². The first-order valence-corrected chi connectivity index (χ1v) is 7.00. The Bertz CT molecular complexity index is 472. The second-order valence-corrected chi connectivity index (χ2v) is 5.73. The highest BCUT2D eigenvalue weighted by molar-refractivity contribution is 5.94. The molecule has 0 aromatic carbocycles. The van der Waals surface area contributed by atoms with Gasteiger partial charge in [-0.3, -0.25) is 9.48 Å². The Morgan fingerprint density at radius 1 is 1.28 bits per heavy atom. The van der Waals surface area contributed by atoms with Gasteiger partial charge in [-0.05, 0) is 25.7 Å². The molecule has 4 heteroatoms. The van der Waals surface area contributed by atoms with Crippen molar-refractivity contribution in [2.45, 2.75) is 51.4 Å². The van der Waals surface area contributed by atoms with Crippen molar-refractivity contribution in [1.29, 1.82) is 0 Å². The summed E-state index contributed by atoms with van der Waals surface area (Å²) in [5.74, 6) is 2.15. The molecule has 1 N–H and O–H groups in total. The smallest absolute Gasteiger partial charge is 0.226 e. The largest absolute Gasteiger partial charge is 0.311 e. The number of carbonyl (C=O) groups excluding carboxylic acids is 1. The number of nitrogens with zero attached hydrogens (tertiary/aromatic N) is 2. The molecule has 18 heavy (non-hydrogen) atoms. The lowest BCUT2D eigenvalue weighted by atomic mass is 9.74. The van der Waals surface area contributed by atoms with Gasteiger partial charge in [-0.1, -0.05) is 19.3 Å². The second kappa shape index (κ2) is 4.41. The number of hydrogen-bond acceptors (Lipinski definition) is 2. The quantitative estimate of drug-likeness (QED) is 0.829. The zero-order valence-electron chi connectivity index (χ0n) is 11.2. The Labute approximate surface area is 108 Å². The predicted octanol–water partition coefficient (Wildman–Crippen LogP) is 2.73. The van der Waals surface area contributed by atoms with Gasteiger partial charge in [-0.25, -0.2) is 0 Å². The lowest BCUT2D eigenvalue weighted by Crippen LogP contribution is -2.29. The average Bonchev–Trinajstić information content (AvgIpc) is 2.65. The third-order valence-corrected chi connectivity index (χ3v) is 4.52. The highest BCUT2D eigenvalue weighted by atomic mass is 16.1. The molecule has 1 amide bonds. The van der Waals surface area contributed by atoms with Gasteiger partial charge >= 0.3 is 0 Å². The average molecular weight is 247 g/mol. The fourth-order valence-electron chi connectivity index (χ4n) is 3.69. The van der Waals surface area contributed by atoms with Crippen LogP contribution in [0.1, 0.15) is 55.7 Å². The summed E-state index contributed by atoms with van der Waals surface area (Å²) < 4.78 is 1.82. The van der Waals surface area contributed by atoms with Crippen LogP contribution in [0.2, 0.25) is 0 Å². The summed E-state index contributed by atoms with van der Waals surface area (Å²) in [5, 5.41) is 7.45. The van der Waals surface area contributed by atoms with Crippen molar-refractivity contribution in [3.05, 3.63) is 11.3 Å². The van der Waals surface area contributed by atoms with Gasteiger partial charge in [0.25, 0.3) is 0 Å². The van der Waals surface area contributed by atoms with Gasteiger partial charge in [0, 0.05) is 24.9 Å². The zero-order chi connectivity index (χ0) is 12.7.